The Morgan fingerprint density at radius 1 is 0.727 bits per heavy atom. The molecule has 0 saturated heterocycles. The van der Waals surface area contributed by atoms with Crippen LogP contribution < -0.4 is 11.5 Å². The standard InChI is InChI=1S/C18H33N5O10/c19-1-7-33-8-6-21(2-3-22(10-15(25)26)11-16(27)28)4-5-23(12-17(29)30)13(18(31)32)9-14(20)24/h13H,1-12,19H2,(H2,20,24)(H,25,26)(H,27,28)(H,29,30)(H,31,32). The second-order valence-corrected chi connectivity index (χ2v) is 7.13. The molecular formula is C18H33N5O10. The highest BCUT2D eigenvalue weighted by Crippen LogP contribution is 2.06. The van der Waals surface area contributed by atoms with Crippen molar-refractivity contribution < 1.29 is 49.1 Å². The molecular weight excluding hydrogens is 446 g/mol. The number of aliphatic carboxylic acids is 4. The van der Waals surface area contributed by atoms with Crippen LogP contribution in [0.5, 0.6) is 0 Å². The van der Waals surface area contributed by atoms with Crippen LogP contribution in [0.15, 0.2) is 0 Å². The normalized spacial score (nSPS) is 12.2. The van der Waals surface area contributed by atoms with E-state index in [4.69, 9.17) is 31.5 Å². The molecule has 0 aromatic rings. The van der Waals surface area contributed by atoms with Gasteiger partial charge in [-0.3, -0.25) is 38.7 Å². The number of hydrogen-bond donors (Lipinski definition) is 6. The minimum absolute atomic E-state index is 0.0642. The first-order chi connectivity index (χ1) is 15.5. The van der Waals surface area contributed by atoms with Gasteiger partial charge in [0.15, 0.2) is 0 Å². The van der Waals surface area contributed by atoms with Gasteiger partial charge in [0.2, 0.25) is 5.91 Å². The van der Waals surface area contributed by atoms with Gasteiger partial charge >= 0.3 is 23.9 Å². The van der Waals surface area contributed by atoms with Crippen molar-refractivity contribution >= 4 is 29.8 Å². The van der Waals surface area contributed by atoms with Crippen LogP contribution in [0.1, 0.15) is 6.42 Å². The highest BCUT2D eigenvalue weighted by atomic mass is 16.5. The number of carbonyl (C=O) groups excluding carboxylic acids is 1. The quantitative estimate of drug-likeness (QED) is 0.0874. The van der Waals surface area contributed by atoms with Gasteiger partial charge in [0, 0.05) is 39.3 Å². The fourth-order valence-electron chi connectivity index (χ4n) is 2.95. The van der Waals surface area contributed by atoms with Gasteiger partial charge in [-0.25, -0.2) is 0 Å². The molecule has 0 aromatic heterocycles. The van der Waals surface area contributed by atoms with Crippen LogP contribution in [0.3, 0.4) is 0 Å². The fraction of sp³-hybridized carbons (Fsp3) is 0.722. The fourth-order valence-corrected chi connectivity index (χ4v) is 2.95. The van der Waals surface area contributed by atoms with Gasteiger partial charge in [-0.15, -0.1) is 0 Å². The highest BCUT2D eigenvalue weighted by Gasteiger charge is 2.29. The van der Waals surface area contributed by atoms with E-state index in [9.17, 15) is 29.1 Å². The Bertz CT molecular complexity index is 647. The monoisotopic (exact) mass is 479 g/mol. The van der Waals surface area contributed by atoms with Crippen LogP contribution in [0.4, 0.5) is 0 Å². The molecule has 8 N–H and O–H groups in total. The Morgan fingerprint density at radius 2 is 1.24 bits per heavy atom. The molecule has 0 bridgehead atoms. The van der Waals surface area contributed by atoms with Crippen LogP contribution in [0, 0.1) is 0 Å². The van der Waals surface area contributed by atoms with Gasteiger partial charge in [0.25, 0.3) is 0 Å². The smallest absolute Gasteiger partial charge is 0.321 e. The third kappa shape index (κ3) is 15.6. The summed E-state index contributed by atoms with van der Waals surface area (Å²) < 4.78 is 5.33. The number of carbonyl (C=O) groups is 5. The SMILES string of the molecule is NCCOCCN(CCN(CC(=O)O)CC(=O)O)CCN(CC(=O)O)C(CC(N)=O)C(=O)O. The van der Waals surface area contributed by atoms with Crippen LogP contribution in [0.25, 0.3) is 0 Å². The van der Waals surface area contributed by atoms with Gasteiger partial charge in [0.05, 0.1) is 39.3 Å². The molecule has 1 atom stereocenters. The van der Waals surface area contributed by atoms with Crippen molar-refractivity contribution in [3.8, 4) is 0 Å². The van der Waals surface area contributed by atoms with Crippen LogP contribution in [-0.4, -0.2) is 143 Å². The number of nitrogens with two attached hydrogens (primary N) is 2. The van der Waals surface area contributed by atoms with E-state index < -0.39 is 61.9 Å². The Morgan fingerprint density at radius 3 is 1.70 bits per heavy atom. The number of carboxylic acids is 4. The molecule has 0 aliphatic carbocycles. The van der Waals surface area contributed by atoms with E-state index >= 15 is 0 Å². The summed E-state index contributed by atoms with van der Waals surface area (Å²) in [6.07, 6.45) is -0.576. The molecule has 0 aliphatic heterocycles. The maximum Gasteiger partial charge on any atom is 0.321 e. The first-order valence-corrected chi connectivity index (χ1v) is 10.1. The number of nitrogens with zero attached hydrogens (tertiary/aromatic N) is 3. The number of rotatable bonds is 21. The summed E-state index contributed by atoms with van der Waals surface area (Å²) in [5.74, 6) is -5.99. The summed E-state index contributed by atoms with van der Waals surface area (Å²) in [5, 5.41) is 36.5. The predicted octanol–water partition coefficient (Wildman–Crippen LogP) is -3.55. The highest BCUT2D eigenvalue weighted by molar-refractivity contribution is 5.84. The molecule has 0 saturated carbocycles. The predicted molar refractivity (Wildman–Crippen MR) is 112 cm³/mol. The number of ether oxygens (including phenoxy) is 1. The molecule has 190 valence electrons. The summed E-state index contributed by atoms with van der Waals surface area (Å²) in [4.78, 5) is 60.0. The average Bonchev–Trinajstić information content (AvgIpc) is 2.68. The molecule has 0 heterocycles. The van der Waals surface area contributed by atoms with E-state index in [1.807, 2.05) is 0 Å². The topological polar surface area (TPSA) is 237 Å². The van der Waals surface area contributed by atoms with Crippen molar-refractivity contribution in [1.82, 2.24) is 14.7 Å². The third-order valence-electron chi connectivity index (χ3n) is 4.43. The zero-order valence-electron chi connectivity index (χ0n) is 18.3. The zero-order chi connectivity index (χ0) is 25.4. The van der Waals surface area contributed by atoms with Crippen LogP contribution in [0.2, 0.25) is 0 Å². The lowest BCUT2D eigenvalue weighted by molar-refractivity contribution is -0.148. The Hall–Kier alpha value is -2.85. The van der Waals surface area contributed by atoms with E-state index in [0.29, 0.717) is 19.7 Å². The first kappa shape index (κ1) is 30.1. The summed E-state index contributed by atoms with van der Waals surface area (Å²) in [6, 6.07) is -1.44. The lowest BCUT2D eigenvalue weighted by Crippen LogP contribution is -2.50. The summed E-state index contributed by atoms with van der Waals surface area (Å²) in [6.45, 7) is -0.164. The lowest BCUT2D eigenvalue weighted by Gasteiger charge is -2.31. The minimum Gasteiger partial charge on any atom is -0.480 e. The zero-order valence-corrected chi connectivity index (χ0v) is 18.3. The molecule has 1 unspecified atom stereocenters. The van der Waals surface area contributed by atoms with Gasteiger partial charge in [-0.1, -0.05) is 0 Å². The van der Waals surface area contributed by atoms with Gasteiger partial charge in [-0.05, 0) is 0 Å². The maximum absolute atomic E-state index is 11.6. The number of primary amides is 1. The summed E-state index contributed by atoms with van der Waals surface area (Å²) in [7, 11) is 0. The Labute approximate surface area is 190 Å². The molecule has 0 radical (unpaired) electrons. The van der Waals surface area contributed by atoms with Crippen LogP contribution >= 0.6 is 0 Å². The van der Waals surface area contributed by atoms with Crippen molar-refractivity contribution in [3.05, 3.63) is 0 Å². The molecule has 1 amide bonds. The van der Waals surface area contributed by atoms with E-state index in [-0.39, 0.29) is 32.8 Å². The summed E-state index contributed by atoms with van der Waals surface area (Å²) >= 11 is 0. The second-order valence-electron chi connectivity index (χ2n) is 7.13. The molecule has 0 aromatic carbocycles. The lowest BCUT2D eigenvalue weighted by atomic mass is 10.1. The molecule has 0 fully saturated rings. The van der Waals surface area contributed by atoms with E-state index in [0.717, 1.165) is 4.90 Å². The molecule has 15 heteroatoms. The largest absolute Gasteiger partial charge is 0.480 e. The second kappa shape index (κ2) is 16.7. The van der Waals surface area contributed by atoms with Crippen molar-refractivity contribution in [2.75, 3.05) is 72.1 Å². The number of hydrogen-bond acceptors (Lipinski definition) is 10. The van der Waals surface area contributed by atoms with Gasteiger partial charge in [0.1, 0.15) is 6.04 Å². The molecule has 0 rings (SSSR count). The molecule has 33 heavy (non-hydrogen) atoms. The average molecular weight is 479 g/mol. The van der Waals surface area contributed by atoms with Gasteiger partial charge < -0.3 is 36.6 Å². The van der Waals surface area contributed by atoms with Crippen LogP contribution in [-0.2, 0) is 28.7 Å². The van der Waals surface area contributed by atoms with Crippen molar-refractivity contribution in [2.24, 2.45) is 11.5 Å². The third-order valence-corrected chi connectivity index (χ3v) is 4.43. The van der Waals surface area contributed by atoms with E-state index in [2.05, 4.69) is 0 Å². The van der Waals surface area contributed by atoms with Crippen molar-refractivity contribution in [1.29, 1.82) is 0 Å². The van der Waals surface area contributed by atoms with E-state index in [1.54, 1.807) is 4.90 Å². The Balaban J connectivity index is 5.31. The first-order valence-electron chi connectivity index (χ1n) is 10.1. The van der Waals surface area contributed by atoms with Crippen molar-refractivity contribution in [2.45, 2.75) is 12.5 Å². The minimum atomic E-state index is -1.44. The molecule has 15 nitrogen and oxygen atoms in total. The Kier molecular flexibility index (Phi) is 15.3. The number of amides is 1. The number of carboxylic acid groups (broad SMARTS) is 4. The van der Waals surface area contributed by atoms with Crippen molar-refractivity contribution in [3.63, 3.8) is 0 Å². The molecule has 0 aliphatic rings. The van der Waals surface area contributed by atoms with E-state index in [1.165, 1.54) is 4.90 Å². The van der Waals surface area contributed by atoms with Gasteiger partial charge in [-0.2, -0.15) is 0 Å². The molecule has 0 spiro atoms. The maximum atomic E-state index is 11.6. The summed E-state index contributed by atoms with van der Waals surface area (Å²) in [5.41, 5.74) is 10.5.